The van der Waals surface area contributed by atoms with Crippen LogP contribution in [0.3, 0.4) is 0 Å². The molecule has 0 bridgehead atoms. The van der Waals surface area contributed by atoms with Gasteiger partial charge in [0, 0.05) is 11.7 Å². The minimum absolute atomic E-state index is 0.146. The van der Waals surface area contributed by atoms with Crippen LogP contribution >= 0.6 is 11.6 Å². The van der Waals surface area contributed by atoms with Crippen molar-refractivity contribution in [2.75, 3.05) is 4.90 Å². The molecule has 0 unspecified atom stereocenters. The van der Waals surface area contributed by atoms with E-state index < -0.39 is 0 Å². The number of nitrogens with two attached hydrogens (primary N) is 1. The Morgan fingerprint density at radius 3 is 2.64 bits per heavy atom. The van der Waals surface area contributed by atoms with Crippen molar-refractivity contribution in [2.24, 2.45) is 5.73 Å². The molecule has 0 saturated heterocycles. The fraction of sp³-hybridized carbons (Fsp3) is 0.273. The predicted molar refractivity (Wildman–Crippen MR) is 110 cm³/mol. The van der Waals surface area contributed by atoms with Crippen molar-refractivity contribution in [3.63, 3.8) is 0 Å². The summed E-state index contributed by atoms with van der Waals surface area (Å²) < 4.78 is 5.98. The third-order valence-corrected chi connectivity index (χ3v) is 5.12. The van der Waals surface area contributed by atoms with Gasteiger partial charge in [0.25, 0.3) is 5.91 Å². The van der Waals surface area contributed by atoms with E-state index >= 15 is 0 Å². The normalized spacial score (nSPS) is 18.3. The van der Waals surface area contributed by atoms with Crippen molar-refractivity contribution in [1.82, 2.24) is 0 Å². The number of hydrogen-bond donors (Lipinski definition) is 1. The Bertz CT molecular complexity index is 905. The topological polar surface area (TPSA) is 79.3 Å². The van der Waals surface area contributed by atoms with Crippen LogP contribution in [-0.2, 0) is 11.3 Å². The number of hydrogen-bond acceptors (Lipinski definition) is 4. The summed E-state index contributed by atoms with van der Waals surface area (Å²) in [5.41, 5.74) is 7.88. The molecular formula is C22H22ClN3O2. The number of nitriles is 1. The lowest BCUT2D eigenvalue weighted by molar-refractivity contribution is -0.114. The zero-order valence-electron chi connectivity index (χ0n) is 15.5. The standard InChI is InChI=1S/C22H22ClN3O2/c1-2-22(27)26(14-15-3-4-16(13-24)21(23)11-15)18-6-9-19(10-7-18)28-20-8-5-17(25)12-20/h2-4,6-7,9-11,17,20H,1,5,8,12,14,25H2/t17-,20-/m1/s1. The number of ether oxygens (including phenoxy) is 1. The number of halogens is 1. The molecule has 3 rings (SSSR count). The van der Waals surface area contributed by atoms with Crippen molar-refractivity contribution in [3.8, 4) is 11.8 Å². The van der Waals surface area contributed by atoms with Gasteiger partial charge in [-0.15, -0.1) is 0 Å². The monoisotopic (exact) mass is 395 g/mol. The maximum atomic E-state index is 12.4. The fourth-order valence-corrected chi connectivity index (χ4v) is 3.56. The van der Waals surface area contributed by atoms with E-state index in [4.69, 9.17) is 27.3 Å². The molecule has 1 saturated carbocycles. The Balaban J connectivity index is 1.76. The van der Waals surface area contributed by atoms with Crippen LogP contribution in [0.5, 0.6) is 5.75 Å². The summed E-state index contributed by atoms with van der Waals surface area (Å²) in [7, 11) is 0. The van der Waals surface area contributed by atoms with Gasteiger partial charge in [0.1, 0.15) is 17.9 Å². The first kappa shape index (κ1) is 19.9. The third-order valence-electron chi connectivity index (χ3n) is 4.81. The minimum atomic E-state index is -0.226. The Kier molecular flexibility index (Phi) is 6.35. The van der Waals surface area contributed by atoms with Gasteiger partial charge in [0.15, 0.2) is 0 Å². The van der Waals surface area contributed by atoms with Crippen molar-refractivity contribution in [1.29, 1.82) is 5.26 Å². The van der Waals surface area contributed by atoms with Crippen LogP contribution in [0.2, 0.25) is 5.02 Å². The summed E-state index contributed by atoms with van der Waals surface area (Å²) in [6.45, 7) is 3.90. The largest absolute Gasteiger partial charge is 0.490 e. The molecule has 5 nitrogen and oxygen atoms in total. The smallest absolute Gasteiger partial charge is 0.250 e. The van der Waals surface area contributed by atoms with E-state index in [1.54, 1.807) is 23.1 Å². The average Bonchev–Trinajstić information content (AvgIpc) is 3.11. The average molecular weight is 396 g/mol. The van der Waals surface area contributed by atoms with Gasteiger partial charge in [-0.05, 0) is 67.3 Å². The molecule has 2 aromatic carbocycles. The zero-order valence-corrected chi connectivity index (χ0v) is 16.2. The highest BCUT2D eigenvalue weighted by Gasteiger charge is 2.23. The molecule has 0 aliphatic heterocycles. The third kappa shape index (κ3) is 4.72. The predicted octanol–water partition coefficient (Wildman–Crippen LogP) is 4.19. The molecule has 0 spiro atoms. The number of carbonyl (C=O) groups is 1. The van der Waals surface area contributed by atoms with Crippen LogP contribution in [-0.4, -0.2) is 18.1 Å². The summed E-state index contributed by atoms with van der Waals surface area (Å²) in [5.74, 6) is 0.534. The molecule has 1 aliphatic carbocycles. The first-order valence-corrected chi connectivity index (χ1v) is 9.52. The summed E-state index contributed by atoms with van der Waals surface area (Å²) >= 11 is 6.11. The van der Waals surface area contributed by atoms with Crippen molar-refractivity contribution in [3.05, 3.63) is 71.3 Å². The maximum Gasteiger partial charge on any atom is 0.250 e. The second-order valence-corrected chi connectivity index (χ2v) is 7.27. The Labute approximate surface area is 170 Å². The summed E-state index contributed by atoms with van der Waals surface area (Å²) in [5, 5.41) is 9.37. The SMILES string of the molecule is C=CC(=O)N(Cc1ccc(C#N)c(Cl)c1)c1ccc(O[C@@H]2CC[C@@H](N)C2)cc1. The molecule has 0 radical (unpaired) electrons. The summed E-state index contributed by atoms with van der Waals surface area (Å²) in [4.78, 5) is 14.0. The Morgan fingerprint density at radius 2 is 2.07 bits per heavy atom. The molecular weight excluding hydrogens is 374 g/mol. The zero-order chi connectivity index (χ0) is 20.1. The number of carbonyl (C=O) groups excluding carboxylic acids is 1. The van der Waals surface area contributed by atoms with Crippen molar-refractivity contribution in [2.45, 2.75) is 38.0 Å². The lowest BCUT2D eigenvalue weighted by Crippen LogP contribution is -2.28. The van der Waals surface area contributed by atoms with Crippen LogP contribution < -0.4 is 15.4 Å². The molecule has 0 heterocycles. The molecule has 0 aromatic heterocycles. The van der Waals surface area contributed by atoms with Gasteiger partial charge in [0.05, 0.1) is 17.1 Å². The van der Waals surface area contributed by atoms with Crippen molar-refractivity contribution >= 4 is 23.2 Å². The molecule has 2 aromatic rings. The van der Waals surface area contributed by atoms with Gasteiger partial charge in [-0.25, -0.2) is 0 Å². The molecule has 1 fully saturated rings. The minimum Gasteiger partial charge on any atom is -0.490 e. The molecule has 1 aliphatic rings. The van der Waals surface area contributed by atoms with Crippen LogP contribution in [0, 0.1) is 11.3 Å². The van der Waals surface area contributed by atoms with E-state index in [2.05, 4.69) is 6.58 Å². The first-order valence-electron chi connectivity index (χ1n) is 9.15. The molecule has 2 N–H and O–H groups in total. The highest BCUT2D eigenvalue weighted by molar-refractivity contribution is 6.31. The highest BCUT2D eigenvalue weighted by atomic mass is 35.5. The Morgan fingerprint density at radius 1 is 1.32 bits per heavy atom. The second-order valence-electron chi connectivity index (χ2n) is 6.86. The maximum absolute atomic E-state index is 12.4. The molecule has 28 heavy (non-hydrogen) atoms. The number of nitrogens with zero attached hydrogens (tertiary/aromatic N) is 2. The number of rotatable bonds is 6. The van der Waals surface area contributed by atoms with Gasteiger partial charge < -0.3 is 15.4 Å². The summed E-state index contributed by atoms with van der Waals surface area (Å²) in [6.07, 6.45) is 4.23. The van der Waals surface area contributed by atoms with Crippen LogP contribution in [0.4, 0.5) is 5.69 Å². The molecule has 1 amide bonds. The molecule has 144 valence electrons. The lowest BCUT2D eigenvalue weighted by Gasteiger charge is -2.22. The van der Waals surface area contributed by atoms with Gasteiger partial charge in [0.2, 0.25) is 0 Å². The van der Waals surface area contributed by atoms with E-state index in [-0.39, 0.29) is 18.1 Å². The lowest BCUT2D eigenvalue weighted by atomic mass is 10.1. The van der Waals surface area contributed by atoms with E-state index in [9.17, 15) is 4.79 Å². The van der Waals surface area contributed by atoms with E-state index in [1.165, 1.54) is 6.08 Å². The van der Waals surface area contributed by atoms with Gasteiger partial charge in [-0.1, -0.05) is 24.2 Å². The fourth-order valence-electron chi connectivity index (χ4n) is 3.31. The van der Waals surface area contributed by atoms with Gasteiger partial charge in [-0.3, -0.25) is 4.79 Å². The Hall–Kier alpha value is -2.81. The van der Waals surface area contributed by atoms with E-state index in [1.807, 2.05) is 30.3 Å². The number of anilines is 1. The van der Waals surface area contributed by atoms with E-state index in [0.29, 0.717) is 17.1 Å². The van der Waals surface area contributed by atoms with Crippen LogP contribution in [0.15, 0.2) is 55.1 Å². The summed E-state index contributed by atoms with van der Waals surface area (Å²) in [6, 6.07) is 14.8. The van der Waals surface area contributed by atoms with Crippen molar-refractivity contribution < 1.29 is 9.53 Å². The number of amides is 1. The quantitative estimate of drug-likeness (QED) is 0.744. The highest BCUT2D eigenvalue weighted by Crippen LogP contribution is 2.27. The van der Waals surface area contributed by atoms with Gasteiger partial charge in [-0.2, -0.15) is 5.26 Å². The first-order chi connectivity index (χ1) is 13.5. The van der Waals surface area contributed by atoms with Crippen LogP contribution in [0.25, 0.3) is 0 Å². The molecule has 6 heteroatoms. The van der Waals surface area contributed by atoms with E-state index in [0.717, 1.165) is 36.3 Å². The number of benzene rings is 2. The van der Waals surface area contributed by atoms with Crippen LogP contribution in [0.1, 0.15) is 30.4 Å². The molecule has 2 atom stereocenters. The van der Waals surface area contributed by atoms with Gasteiger partial charge >= 0.3 is 0 Å². The second kappa shape index (κ2) is 8.92.